The minimum Gasteiger partial charge on any atom is -0.378 e. The number of hydrogen-bond donors (Lipinski definition) is 2. The van der Waals surface area contributed by atoms with Crippen LogP contribution in [0, 0.1) is 0 Å². The molecule has 0 amide bonds. The SMILES string of the molecule is CN=C(NCCCCOC1CCCCCC1)NCc1ccsc1. The van der Waals surface area contributed by atoms with Gasteiger partial charge in [0.1, 0.15) is 0 Å². The van der Waals surface area contributed by atoms with Crippen molar-refractivity contribution in [3.8, 4) is 0 Å². The molecule has 1 aliphatic rings. The fraction of sp³-hybridized carbons (Fsp3) is 0.722. The molecule has 0 aromatic carbocycles. The average molecular weight is 338 g/mol. The molecule has 1 aliphatic carbocycles. The Labute approximate surface area is 144 Å². The maximum absolute atomic E-state index is 6.02. The lowest BCUT2D eigenvalue weighted by Crippen LogP contribution is -2.37. The largest absolute Gasteiger partial charge is 0.378 e. The quantitative estimate of drug-likeness (QED) is 0.327. The molecule has 23 heavy (non-hydrogen) atoms. The van der Waals surface area contributed by atoms with Gasteiger partial charge in [0.05, 0.1) is 6.10 Å². The second-order valence-electron chi connectivity index (χ2n) is 6.18. The van der Waals surface area contributed by atoms with Gasteiger partial charge in [-0.15, -0.1) is 0 Å². The molecule has 0 aliphatic heterocycles. The van der Waals surface area contributed by atoms with Gasteiger partial charge in [0, 0.05) is 26.7 Å². The number of nitrogens with one attached hydrogen (secondary N) is 2. The van der Waals surface area contributed by atoms with Crippen LogP contribution in [0.2, 0.25) is 0 Å². The van der Waals surface area contributed by atoms with Crippen molar-refractivity contribution in [1.29, 1.82) is 0 Å². The van der Waals surface area contributed by atoms with Crippen LogP contribution in [0.4, 0.5) is 0 Å². The maximum Gasteiger partial charge on any atom is 0.191 e. The molecule has 1 aromatic rings. The number of unbranched alkanes of at least 4 members (excludes halogenated alkanes) is 1. The van der Waals surface area contributed by atoms with Crippen molar-refractivity contribution in [2.45, 2.75) is 64.0 Å². The molecule has 4 nitrogen and oxygen atoms in total. The van der Waals surface area contributed by atoms with Gasteiger partial charge in [0.25, 0.3) is 0 Å². The Kier molecular flexibility index (Phi) is 9.11. The van der Waals surface area contributed by atoms with Gasteiger partial charge in [-0.25, -0.2) is 0 Å². The van der Waals surface area contributed by atoms with E-state index in [1.165, 1.54) is 44.1 Å². The van der Waals surface area contributed by atoms with Crippen LogP contribution in [0.3, 0.4) is 0 Å². The maximum atomic E-state index is 6.02. The predicted octanol–water partition coefficient (Wildman–Crippen LogP) is 3.93. The predicted molar refractivity (Wildman–Crippen MR) is 99.2 cm³/mol. The Morgan fingerprint density at radius 3 is 2.74 bits per heavy atom. The van der Waals surface area contributed by atoms with Crippen LogP contribution in [0.15, 0.2) is 21.8 Å². The van der Waals surface area contributed by atoms with Gasteiger partial charge < -0.3 is 15.4 Å². The Morgan fingerprint density at radius 2 is 2.04 bits per heavy atom. The topological polar surface area (TPSA) is 45.7 Å². The van der Waals surface area contributed by atoms with E-state index in [1.54, 1.807) is 11.3 Å². The smallest absolute Gasteiger partial charge is 0.191 e. The third kappa shape index (κ3) is 7.84. The molecule has 2 N–H and O–H groups in total. The summed E-state index contributed by atoms with van der Waals surface area (Å²) in [6.07, 6.45) is 10.7. The fourth-order valence-corrected chi connectivity index (χ4v) is 3.56. The Bertz CT molecular complexity index is 425. The van der Waals surface area contributed by atoms with E-state index in [0.29, 0.717) is 6.10 Å². The van der Waals surface area contributed by atoms with Crippen LogP contribution in [0.1, 0.15) is 56.9 Å². The number of hydrogen-bond acceptors (Lipinski definition) is 3. The molecule has 0 saturated heterocycles. The Hall–Kier alpha value is -1.07. The van der Waals surface area contributed by atoms with Gasteiger partial charge in [0.2, 0.25) is 0 Å². The van der Waals surface area contributed by atoms with Gasteiger partial charge in [-0.05, 0) is 48.1 Å². The highest BCUT2D eigenvalue weighted by atomic mass is 32.1. The lowest BCUT2D eigenvalue weighted by atomic mass is 10.1. The third-order valence-electron chi connectivity index (χ3n) is 4.28. The van der Waals surface area contributed by atoms with Gasteiger partial charge in [-0.2, -0.15) is 11.3 Å². The summed E-state index contributed by atoms with van der Waals surface area (Å²) in [5.41, 5.74) is 1.30. The zero-order chi connectivity index (χ0) is 16.2. The summed E-state index contributed by atoms with van der Waals surface area (Å²) < 4.78 is 6.02. The van der Waals surface area contributed by atoms with E-state index in [0.717, 1.165) is 38.5 Å². The standard InChI is InChI=1S/C18H31N3OS/c1-19-18(21-14-16-10-13-23-15-16)20-11-6-7-12-22-17-8-4-2-3-5-9-17/h10,13,15,17H,2-9,11-12,14H2,1H3,(H2,19,20,21). The molecule has 1 heterocycles. The van der Waals surface area contributed by atoms with Crippen molar-refractivity contribution < 1.29 is 4.74 Å². The van der Waals surface area contributed by atoms with Crippen molar-refractivity contribution in [1.82, 2.24) is 10.6 Å². The number of aliphatic imine (C=N–C) groups is 1. The first-order valence-corrected chi connectivity index (χ1v) is 9.90. The van der Waals surface area contributed by atoms with Crippen molar-refractivity contribution in [3.63, 3.8) is 0 Å². The van der Waals surface area contributed by atoms with Crippen LogP contribution >= 0.6 is 11.3 Å². The first-order chi connectivity index (χ1) is 11.4. The molecule has 1 fully saturated rings. The molecule has 0 bridgehead atoms. The molecule has 0 spiro atoms. The van der Waals surface area contributed by atoms with Gasteiger partial charge in [0.15, 0.2) is 5.96 Å². The fourth-order valence-electron chi connectivity index (χ4n) is 2.89. The first kappa shape index (κ1) is 18.3. The number of ether oxygens (including phenoxy) is 1. The summed E-state index contributed by atoms with van der Waals surface area (Å²) in [6.45, 7) is 2.67. The number of guanidine groups is 1. The van der Waals surface area contributed by atoms with Crippen molar-refractivity contribution >= 4 is 17.3 Å². The lowest BCUT2D eigenvalue weighted by Gasteiger charge is -2.15. The van der Waals surface area contributed by atoms with E-state index < -0.39 is 0 Å². The Balaban J connectivity index is 1.48. The number of nitrogens with zero attached hydrogens (tertiary/aromatic N) is 1. The van der Waals surface area contributed by atoms with Crippen molar-refractivity contribution in [3.05, 3.63) is 22.4 Å². The van der Waals surface area contributed by atoms with E-state index in [2.05, 4.69) is 32.5 Å². The van der Waals surface area contributed by atoms with Crippen molar-refractivity contribution in [2.75, 3.05) is 20.2 Å². The van der Waals surface area contributed by atoms with Crippen LogP contribution in [0.25, 0.3) is 0 Å². The summed E-state index contributed by atoms with van der Waals surface area (Å²) in [5.74, 6) is 0.876. The molecule has 1 aromatic heterocycles. The van der Waals surface area contributed by atoms with Crippen LogP contribution in [-0.4, -0.2) is 32.3 Å². The summed E-state index contributed by atoms with van der Waals surface area (Å²) in [4.78, 5) is 4.26. The first-order valence-electron chi connectivity index (χ1n) is 8.95. The molecule has 2 rings (SSSR count). The number of rotatable bonds is 8. The van der Waals surface area contributed by atoms with Gasteiger partial charge in [-0.1, -0.05) is 25.7 Å². The lowest BCUT2D eigenvalue weighted by molar-refractivity contribution is 0.0411. The molecule has 1 saturated carbocycles. The van der Waals surface area contributed by atoms with E-state index in [1.807, 2.05) is 7.05 Å². The van der Waals surface area contributed by atoms with Gasteiger partial charge >= 0.3 is 0 Å². The zero-order valence-corrected chi connectivity index (χ0v) is 15.2. The molecular formula is C18H31N3OS. The van der Waals surface area contributed by atoms with Crippen molar-refractivity contribution in [2.24, 2.45) is 4.99 Å². The summed E-state index contributed by atoms with van der Waals surface area (Å²) in [5, 5.41) is 11.0. The van der Waals surface area contributed by atoms with Crippen LogP contribution in [-0.2, 0) is 11.3 Å². The monoisotopic (exact) mass is 337 g/mol. The molecule has 0 atom stereocenters. The molecule has 0 radical (unpaired) electrons. The van der Waals surface area contributed by atoms with Crippen LogP contribution < -0.4 is 10.6 Å². The second kappa shape index (κ2) is 11.5. The summed E-state index contributed by atoms with van der Waals surface area (Å²) >= 11 is 1.72. The normalized spacial score (nSPS) is 17.0. The van der Waals surface area contributed by atoms with Crippen LogP contribution in [0.5, 0.6) is 0 Å². The summed E-state index contributed by atoms with van der Waals surface area (Å²) in [7, 11) is 1.82. The second-order valence-corrected chi connectivity index (χ2v) is 6.96. The van der Waals surface area contributed by atoms with E-state index in [-0.39, 0.29) is 0 Å². The average Bonchev–Trinajstić information content (AvgIpc) is 2.96. The third-order valence-corrected chi connectivity index (χ3v) is 5.02. The summed E-state index contributed by atoms with van der Waals surface area (Å²) in [6, 6.07) is 2.13. The molecule has 0 unspecified atom stereocenters. The zero-order valence-electron chi connectivity index (χ0n) is 14.4. The molecular weight excluding hydrogens is 306 g/mol. The van der Waals surface area contributed by atoms with E-state index >= 15 is 0 Å². The highest BCUT2D eigenvalue weighted by Gasteiger charge is 2.11. The minimum absolute atomic E-state index is 0.519. The Morgan fingerprint density at radius 1 is 1.22 bits per heavy atom. The van der Waals surface area contributed by atoms with Gasteiger partial charge in [-0.3, -0.25) is 4.99 Å². The highest BCUT2D eigenvalue weighted by molar-refractivity contribution is 7.07. The molecule has 130 valence electrons. The van der Waals surface area contributed by atoms with E-state index in [9.17, 15) is 0 Å². The number of thiophene rings is 1. The van der Waals surface area contributed by atoms with E-state index in [4.69, 9.17) is 4.74 Å². The molecule has 5 heteroatoms. The minimum atomic E-state index is 0.519. The highest BCUT2D eigenvalue weighted by Crippen LogP contribution is 2.19.